The molecule has 1 amide bonds. The number of likely N-dealkylation sites (tertiary alicyclic amines) is 1. The molecule has 2 aromatic carbocycles. The average molecular weight is 470 g/mol. The van der Waals surface area contributed by atoms with E-state index in [9.17, 15) is 18.0 Å². The summed E-state index contributed by atoms with van der Waals surface area (Å²) in [6, 6.07) is 12.1. The van der Waals surface area contributed by atoms with Gasteiger partial charge in [0.1, 0.15) is 17.8 Å². The third kappa shape index (κ3) is 3.89. The number of carbonyl (C=O) groups is 1. The van der Waals surface area contributed by atoms with Crippen molar-refractivity contribution in [2.24, 2.45) is 7.05 Å². The number of rotatable bonds is 4. The molecule has 3 heterocycles. The van der Waals surface area contributed by atoms with E-state index in [2.05, 4.69) is 4.98 Å². The Morgan fingerprint density at radius 3 is 2.53 bits per heavy atom. The zero-order valence-electron chi connectivity index (χ0n) is 19.0. The zero-order valence-corrected chi connectivity index (χ0v) is 19.0. The largest absolute Gasteiger partial charge is 0.494 e. The quantitative estimate of drug-likeness (QED) is 0.402. The molecule has 0 N–H and O–H groups in total. The molecule has 1 saturated heterocycles. The summed E-state index contributed by atoms with van der Waals surface area (Å²) in [6.45, 7) is 0.295. The van der Waals surface area contributed by atoms with Crippen molar-refractivity contribution in [1.82, 2.24) is 19.0 Å². The van der Waals surface area contributed by atoms with Crippen LogP contribution in [0.15, 0.2) is 42.5 Å². The molecule has 0 saturated carbocycles. The second-order valence-electron chi connectivity index (χ2n) is 8.68. The van der Waals surface area contributed by atoms with E-state index in [1.807, 2.05) is 4.90 Å². The number of halogens is 3. The fourth-order valence-corrected chi connectivity index (χ4v) is 4.84. The Morgan fingerprint density at radius 2 is 1.82 bits per heavy atom. The molecule has 0 atom stereocenters. The molecular weight excluding hydrogens is 445 g/mol. The molecule has 4 aromatic rings. The summed E-state index contributed by atoms with van der Waals surface area (Å²) in [5.74, 6) is 0.743. The first kappa shape index (κ1) is 22.3. The maximum absolute atomic E-state index is 13.5. The van der Waals surface area contributed by atoms with Crippen LogP contribution in [0.4, 0.5) is 13.2 Å². The molecule has 5 rings (SSSR count). The van der Waals surface area contributed by atoms with E-state index in [1.165, 1.54) is 11.7 Å². The Bertz CT molecular complexity index is 1380. The third-order valence-electron chi connectivity index (χ3n) is 6.42. The molecule has 0 bridgehead atoms. The van der Waals surface area contributed by atoms with Gasteiger partial charge in [0.2, 0.25) is 0 Å². The standard InChI is InChI=1S/C25H25F3N4O2/c1-30-22-18(12-17(14-21(22)34-2)24(33)31-10-6-3-7-11-31)29-23(30)20-13-16-8-4-5-9-19(16)32(20)15-25(26,27)28/h4-5,8-9,12-14H,3,6-7,10-11,15H2,1-2H3. The molecule has 0 unspecified atom stereocenters. The van der Waals surface area contributed by atoms with Gasteiger partial charge in [-0.1, -0.05) is 18.2 Å². The number of piperidine rings is 1. The number of hydrogen-bond acceptors (Lipinski definition) is 3. The maximum Gasteiger partial charge on any atom is 0.406 e. The van der Waals surface area contributed by atoms with Crippen LogP contribution < -0.4 is 4.74 Å². The first-order chi connectivity index (χ1) is 16.3. The average Bonchev–Trinajstić information content (AvgIpc) is 3.35. The Morgan fingerprint density at radius 1 is 1.09 bits per heavy atom. The van der Waals surface area contributed by atoms with E-state index >= 15 is 0 Å². The van der Waals surface area contributed by atoms with Gasteiger partial charge in [-0.05, 0) is 43.5 Å². The smallest absolute Gasteiger partial charge is 0.406 e. The van der Waals surface area contributed by atoms with Crippen LogP contribution in [0.5, 0.6) is 5.75 Å². The number of hydrogen-bond donors (Lipinski definition) is 0. The van der Waals surface area contributed by atoms with Gasteiger partial charge in [-0.2, -0.15) is 13.2 Å². The van der Waals surface area contributed by atoms with Crippen molar-refractivity contribution in [3.8, 4) is 17.3 Å². The number of aromatic nitrogens is 3. The minimum atomic E-state index is -4.40. The second-order valence-corrected chi connectivity index (χ2v) is 8.68. The molecule has 2 aromatic heterocycles. The molecule has 0 spiro atoms. The Balaban J connectivity index is 1.67. The SMILES string of the molecule is COc1cc(C(=O)N2CCCCC2)cc2nc(-c3cc4ccccc4n3CC(F)(F)F)n(C)c12. The lowest BCUT2D eigenvalue weighted by Crippen LogP contribution is -2.35. The number of alkyl halides is 3. The van der Waals surface area contributed by atoms with Gasteiger partial charge in [0, 0.05) is 36.6 Å². The number of imidazole rings is 1. The number of para-hydroxylation sites is 1. The van der Waals surface area contributed by atoms with Crippen LogP contribution in [0.3, 0.4) is 0 Å². The number of ether oxygens (including phenoxy) is 1. The number of fused-ring (bicyclic) bond motifs is 2. The van der Waals surface area contributed by atoms with Crippen molar-refractivity contribution in [1.29, 1.82) is 0 Å². The van der Waals surface area contributed by atoms with Crippen LogP contribution in [0, 0.1) is 0 Å². The van der Waals surface area contributed by atoms with Crippen molar-refractivity contribution >= 4 is 27.8 Å². The second kappa shape index (κ2) is 8.38. The number of aryl methyl sites for hydroxylation is 1. The highest BCUT2D eigenvalue weighted by Gasteiger charge is 2.31. The van der Waals surface area contributed by atoms with Crippen LogP contribution in [0.25, 0.3) is 33.5 Å². The number of carbonyl (C=O) groups excluding carboxylic acids is 1. The lowest BCUT2D eigenvalue weighted by molar-refractivity contribution is -0.139. The van der Waals surface area contributed by atoms with E-state index in [0.29, 0.717) is 57.9 Å². The summed E-state index contributed by atoms with van der Waals surface area (Å²) in [6.07, 6.45) is -1.33. The molecule has 9 heteroatoms. The first-order valence-electron chi connectivity index (χ1n) is 11.3. The van der Waals surface area contributed by atoms with Gasteiger partial charge in [-0.25, -0.2) is 4.98 Å². The first-order valence-corrected chi connectivity index (χ1v) is 11.3. The monoisotopic (exact) mass is 470 g/mol. The molecular formula is C25H25F3N4O2. The van der Waals surface area contributed by atoms with Gasteiger partial charge in [-0.3, -0.25) is 4.79 Å². The van der Waals surface area contributed by atoms with Gasteiger partial charge >= 0.3 is 6.18 Å². The molecule has 34 heavy (non-hydrogen) atoms. The van der Waals surface area contributed by atoms with Crippen molar-refractivity contribution in [2.45, 2.75) is 32.0 Å². The van der Waals surface area contributed by atoms with E-state index in [1.54, 1.807) is 54.1 Å². The summed E-state index contributed by atoms with van der Waals surface area (Å²) in [7, 11) is 3.26. The van der Waals surface area contributed by atoms with Gasteiger partial charge in [0.05, 0.1) is 18.3 Å². The van der Waals surface area contributed by atoms with Gasteiger partial charge < -0.3 is 18.8 Å². The van der Waals surface area contributed by atoms with Crippen molar-refractivity contribution in [3.63, 3.8) is 0 Å². The van der Waals surface area contributed by atoms with E-state index in [-0.39, 0.29) is 5.91 Å². The lowest BCUT2D eigenvalue weighted by atomic mass is 10.1. The summed E-state index contributed by atoms with van der Waals surface area (Å²) in [5.41, 5.74) is 2.42. The number of methoxy groups -OCH3 is 1. The minimum absolute atomic E-state index is 0.0849. The minimum Gasteiger partial charge on any atom is -0.494 e. The topological polar surface area (TPSA) is 52.3 Å². The molecule has 6 nitrogen and oxygen atoms in total. The molecule has 1 aliphatic heterocycles. The highest BCUT2D eigenvalue weighted by Crippen LogP contribution is 2.35. The van der Waals surface area contributed by atoms with Gasteiger partial charge in [0.15, 0.2) is 5.82 Å². The molecule has 1 aliphatic rings. The van der Waals surface area contributed by atoms with E-state index < -0.39 is 12.7 Å². The van der Waals surface area contributed by atoms with Gasteiger partial charge in [0.25, 0.3) is 5.91 Å². The van der Waals surface area contributed by atoms with Crippen LogP contribution in [0.1, 0.15) is 29.6 Å². The zero-order chi connectivity index (χ0) is 24.0. The predicted octanol–water partition coefficient (Wildman–Crippen LogP) is 5.39. The predicted molar refractivity (Wildman–Crippen MR) is 124 cm³/mol. The number of benzene rings is 2. The molecule has 0 aliphatic carbocycles. The summed E-state index contributed by atoms with van der Waals surface area (Å²) < 4.78 is 49.0. The fourth-order valence-electron chi connectivity index (χ4n) is 4.84. The van der Waals surface area contributed by atoms with Gasteiger partial charge in [-0.15, -0.1) is 0 Å². The molecule has 0 radical (unpaired) electrons. The van der Waals surface area contributed by atoms with Crippen LogP contribution in [-0.2, 0) is 13.6 Å². The Hall–Kier alpha value is -3.49. The highest BCUT2D eigenvalue weighted by molar-refractivity contribution is 6.00. The van der Waals surface area contributed by atoms with E-state index in [0.717, 1.165) is 19.3 Å². The summed E-state index contributed by atoms with van der Waals surface area (Å²) >= 11 is 0. The van der Waals surface area contributed by atoms with Crippen molar-refractivity contribution in [2.75, 3.05) is 20.2 Å². The van der Waals surface area contributed by atoms with Crippen LogP contribution in [0.2, 0.25) is 0 Å². The normalized spacial score (nSPS) is 14.8. The van der Waals surface area contributed by atoms with Crippen LogP contribution in [-0.4, -0.2) is 51.3 Å². The van der Waals surface area contributed by atoms with Crippen molar-refractivity contribution in [3.05, 3.63) is 48.0 Å². The van der Waals surface area contributed by atoms with Crippen molar-refractivity contribution < 1.29 is 22.7 Å². The molecule has 1 fully saturated rings. The van der Waals surface area contributed by atoms with Crippen LogP contribution >= 0.6 is 0 Å². The van der Waals surface area contributed by atoms with E-state index in [4.69, 9.17) is 4.74 Å². The highest BCUT2D eigenvalue weighted by atomic mass is 19.4. The third-order valence-corrected chi connectivity index (χ3v) is 6.42. The lowest BCUT2D eigenvalue weighted by Gasteiger charge is -2.26. The Kier molecular flexibility index (Phi) is 5.50. The summed E-state index contributed by atoms with van der Waals surface area (Å²) in [5, 5.41) is 0.696. The fraction of sp³-hybridized carbons (Fsp3) is 0.360. The molecule has 178 valence electrons. The number of amides is 1. The Labute approximate surface area is 194 Å². The number of nitrogens with zero attached hydrogens (tertiary/aromatic N) is 4. The maximum atomic E-state index is 13.5. The summed E-state index contributed by atoms with van der Waals surface area (Å²) in [4.78, 5) is 19.6.